The molecular formula is C18H17NO5S. The molecular weight excluding hydrogens is 342 g/mol. The van der Waals surface area contributed by atoms with Crippen LogP contribution in [0.2, 0.25) is 0 Å². The van der Waals surface area contributed by atoms with Gasteiger partial charge in [0.05, 0.1) is 4.90 Å². The molecule has 0 saturated heterocycles. The van der Waals surface area contributed by atoms with E-state index >= 15 is 0 Å². The van der Waals surface area contributed by atoms with E-state index in [1.807, 2.05) is 0 Å². The summed E-state index contributed by atoms with van der Waals surface area (Å²) < 4.78 is 37.9. The summed E-state index contributed by atoms with van der Waals surface area (Å²) >= 11 is 0. The Morgan fingerprint density at radius 3 is 2.48 bits per heavy atom. The third-order valence-electron chi connectivity index (χ3n) is 4.30. The van der Waals surface area contributed by atoms with Gasteiger partial charge in [-0.15, -0.1) is 0 Å². The van der Waals surface area contributed by atoms with Crippen molar-refractivity contribution in [3.63, 3.8) is 0 Å². The molecule has 0 radical (unpaired) electrons. The summed E-state index contributed by atoms with van der Waals surface area (Å²) in [4.78, 5) is 12.1. The summed E-state index contributed by atoms with van der Waals surface area (Å²) in [5.74, 6) is 1.48. The number of sulfonamides is 1. The Morgan fingerprint density at radius 1 is 1.04 bits per heavy atom. The zero-order valence-electron chi connectivity index (χ0n) is 13.4. The van der Waals surface area contributed by atoms with Gasteiger partial charge in [0.25, 0.3) is 0 Å². The van der Waals surface area contributed by atoms with Gasteiger partial charge in [-0.25, -0.2) is 13.1 Å². The van der Waals surface area contributed by atoms with Crippen molar-refractivity contribution in [2.75, 3.05) is 6.79 Å². The van der Waals surface area contributed by atoms with Gasteiger partial charge >= 0.3 is 0 Å². The number of fused-ring (bicyclic) bond motifs is 1. The molecule has 0 aromatic heterocycles. The molecule has 130 valence electrons. The zero-order valence-corrected chi connectivity index (χ0v) is 14.2. The minimum atomic E-state index is -3.65. The summed E-state index contributed by atoms with van der Waals surface area (Å²) in [5.41, 5.74) is 1.34. The molecule has 0 spiro atoms. The molecule has 0 bridgehead atoms. The summed E-state index contributed by atoms with van der Waals surface area (Å²) in [6, 6.07) is 11.4. The molecule has 0 amide bonds. The fourth-order valence-electron chi connectivity index (χ4n) is 2.69. The molecule has 1 N–H and O–H groups in total. The largest absolute Gasteiger partial charge is 0.454 e. The maximum atomic E-state index is 12.4. The van der Waals surface area contributed by atoms with Crippen molar-refractivity contribution in [1.82, 2.24) is 4.72 Å². The first-order valence-electron chi connectivity index (χ1n) is 8.05. The van der Waals surface area contributed by atoms with Crippen LogP contribution in [0.4, 0.5) is 0 Å². The topological polar surface area (TPSA) is 81.7 Å². The monoisotopic (exact) mass is 359 g/mol. The highest BCUT2D eigenvalue weighted by atomic mass is 32.2. The Balaban J connectivity index is 1.45. The van der Waals surface area contributed by atoms with Gasteiger partial charge in [0, 0.05) is 18.0 Å². The second kappa shape index (κ2) is 6.16. The Labute approximate surface area is 145 Å². The van der Waals surface area contributed by atoms with E-state index in [4.69, 9.17) is 9.47 Å². The number of ether oxygens (including phenoxy) is 2. The third kappa shape index (κ3) is 3.38. The van der Waals surface area contributed by atoms with Crippen LogP contribution in [-0.2, 0) is 16.6 Å². The molecule has 7 heteroatoms. The average molecular weight is 359 g/mol. The van der Waals surface area contributed by atoms with Crippen LogP contribution in [0.15, 0.2) is 47.4 Å². The van der Waals surface area contributed by atoms with Gasteiger partial charge < -0.3 is 9.47 Å². The van der Waals surface area contributed by atoms with E-state index in [1.165, 1.54) is 12.1 Å². The zero-order chi connectivity index (χ0) is 17.4. The maximum absolute atomic E-state index is 12.4. The van der Waals surface area contributed by atoms with Crippen LogP contribution in [0.5, 0.6) is 11.5 Å². The predicted molar refractivity (Wildman–Crippen MR) is 90.1 cm³/mol. The molecule has 1 heterocycles. The number of nitrogens with one attached hydrogen (secondary N) is 1. The lowest BCUT2D eigenvalue weighted by atomic mass is 10.1. The van der Waals surface area contributed by atoms with Crippen LogP contribution < -0.4 is 14.2 Å². The number of carbonyl (C=O) groups is 1. The lowest BCUT2D eigenvalue weighted by molar-refractivity contribution is 0.0967. The maximum Gasteiger partial charge on any atom is 0.240 e. The molecule has 1 fully saturated rings. The summed E-state index contributed by atoms with van der Waals surface area (Å²) in [6.07, 6.45) is 1.85. The molecule has 2 aromatic carbocycles. The van der Waals surface area contributed by atoms with E-state index < -0.39 is 10.0 Å². The van der Waals surface area contributed by atoms with Gasteiger partial charge in [-0.3, -0.25) is 4.79 Å². The lowest BCUT2D eigenvalue weighted by Gasteiger charge is -2.08. The number of hydrogen-bond donors (Lipinski definition) is 1. The van der Waals surface area contributed by atoms with Crippen LogP contribution in [0.25, 0.3) is 0 Å². The van der Waals surface area contributed by atoms with Gasteiger partial charge in [0.15, 0.2) is 17.3 Å². The Kier molecular flexibility index (Phi) is 3.97. The summed E-state index contributed by atoms with van der Waals surface area (Å²) in [6.45, 7) is 0.318. The summed E-state index contributed by atoms with van der Waals surface area (Å²) in [7, 11) is -3.65. The quantitative estimate of drug-likeness (QED) is 0.802. The fraction of sp³-hybridized carbons (Fsp3) is 0.278. The minimum Gasteiger partial charge on any atom is -0.454 e. The number of carbonyl (C=O) groups excluding carboxylic acids is 1. The summed E-state index contributed by atoms with van der Waals surface area (Å²) in [5, 5.41) is 0. The highest BCUT2D eigenvalue weighted by molar-refractivity contribution is 7.89. The SMILES string of the molecule is O=C(c1ccc(S(=O)(=O)NCc2ccc3c(c2)OCO3)cc1)C1CC1. The first-order chi connectivity index (χ1) is 12.0. The third-order valence-corrected chi connectivity index (χ3v) is 5.72. The average Bonchev–Trinajstić information content (AvgIpc) is 3.37. The normalized spacial score (nSPS) is 16.0. The fourth-order valence-corrected chi connectivity index (χ4v) is 3.71. The number of hydrogen-bond acceptors (Lipinski definition) is 5. The molecule has 0 atom stereocenters. The second-order valence-corrected chi connectivity index (χ2v) is 7.94. The standard InChI is InChI=1S/C18H17NO5S/c20-18(13-2-3-13)14-4-6-15(7-5-14)25(21,22)19-10-12-1-8-16-17(9-12)24-11-23-16/h1,4-9,13,19H,2-3,10-11H2. The van der Waals surface area contributed by atoms with Crippen LogP contribution in [-0.4, -0.2) is 21.0 Å². The molecule has 1 saturated carbocycles. The van der Waals surface area contributed by atoms with Crippen molar-refractivity contribution in [2.45, 2.75) is 24.3 Å². The highest BCUT2D eigenvalue weighted by Gasteiger charge is 2.30. The van der Waals surface area contributed by atoms with Gasteiger partial charge in [-0.05, 0) is 42.7 Å². The van der Waals surface area contributed by atoms with Gasteiger partial charge in [0.1, 0.15) is 0 Å². The first kappa shape index (κ1) is 16.1. The smallest absolute Gasteiger partial charge is 0.240 e. The van der Waals surface area contributed by atoms with E-state index in [0.29, 0.717) is 17.1 Å². The Hall–Kier alpha value is -2.38. The van der Waals surface area contributed by atoms with E-state index in [1.54, 1.807) is 30.3 Å². The van der Waals surface area contributed by atoms with Crippen molar-refractivity contribution in [3.05, 3.63) is 53.6 Å². The van der Waals surface area contributed by atoms with Gasteiger partial charge in [0.2, 0.25) is 16.8 Å². The number of rotatable bonds is 6. The molecule has 2 aromatic rings. The van der Waals surface area contributed by atoms with Crippen LogP contribution in [0.3, 0.4) is 0 Å². The van der Waals surface area contributed by atoms with E-state index in [-0.39, 0.29) is 29.9 Å². The van der Waals surface area contributed by atoms with Crippen molar-refractivity contribution in [3.8, 4) is 11.5 Å². The minimum absolute atomic E-state index is 0.0947. The number of Topliss-reactive ketones (excluding diaryl/α,β-unsaturated/α-hetero) is 1. The number of ketones is 1. The molecule has 25 heavy (non-hydrogen) atoms. The number of benzene rings is 2. The lowest BCUT2D eigenvalue weighted by Crippen LogP contribution is -2.23. The van der Waals surface area contributed by atoms with Crippen molar-refractivity contribution < 1.29 is 22.7 Å². The van der Waals surface area contributed by atoms with Crippen LogP contribution in [0, 0.1) is 5.92 Å². The molecule has 2 aliphatic rings. The molecule has 6 nitrogen and oxygen atoms in total. The van der Waals surface area contributed by atoms with E-state index in [2.05, 4.69) is 4.72 Å². The Morgan fingerprint density at radius 2 is 1.76 bits per heavy atom. The van der Waals surface area contributed by atoms with Gasteiger partial charge in [-0.2, -0.15) is 0 Å². The Bertz CT molecular complexity index is 917. The van der Waals surface area contributed by atoms with E-state index in [0.717, 1.165) is 18.4 Å². The predicted octanol–water partition coefficient (Wildman–Crippen LogP) is 2.49. The van der Waals surface area contributed by atoms with E-state index in [9.17, 15) is 13.2 Å². The molecule has 1 aliphatic heterocycles. The second-order valence-electron chi connectivity index (χ2n) is 6.18. The molecule has 1 aliphatic carbocycles. The van der Waals surface area contributed by atoms with Crippen molar-refractivity contribution >= 4 is 15.8 Å². The first-order valence-corrected chi connectivity index (χ1v) is 9.54. The van der Waals surface area contributed by atoms with Crippen molar-refractivity contribution in [1.29, 1.82) is 0 Å². The molecule has 0 unspecified atom stereocenters. The van der Waals surface area contributed by atoms with Gasteiger partial charge in [-0.1, -0.05) is 18.2 Å². The molecule has 4 rings (SSSR count). The van der Waals surface area contributed by atoms with Crippen LogP contribution >= 0.6 is 0 Å². The van der Waals surface area contributed by atoms with Crippen LogP contribution in [0.1, 0.15) is 28.8 Å². The highest BCUT2D eigenvalue weighted by Crippen LogP contribution is 2.33. The van der Waals surface area contributed by atoms with Crippen molar-refractivity contribution in [2.24, 2.45) is 5.92 Å².